The van der Waals surface area contributed by atoms with Crippen molar-refractivity contribution in [3.63, 3.8) is 0 Å². The molecule has 2 heterocycles. The van der Waals surface area contributed by atoms with E-state index in [-0.39, 0.29) is 18.3 Å². The Morgan fingerprint density at radius 2 is 1.88 bits per heavy atom. The van der Waals surface area contributed by atoms with Gasteiger partial charge < -0.3 is 9.88 Å². The van der Waals surface area contributed by atoms with Crippen LogP contribution in [0.25, 0.3) is 0 Å². The van der Waals surface area contributed by atoms with Crippen molar-refractivity contribution in [1.29, 1.82) is 0 Å². The first kappa shape index (κ1) is 24.0. The van der Waals surface area contributed by atoms with Crippen LogP contribution in [0.15, 0.2) is 64.7 Å². The van der Waals surface area contributed by atoms with Crippen molar-refractivity contribution in [3.05, 3.63) is 99.1 Å². The number of hydrogen-bond acceptors (Lipinski definition) is 4. The molecule has 3 aromatic rings. The third kappa shape index (κ3) is 5.61. The zero-order valence-corrected chi connectivity index (χ0v) is 19.3. The summed E-state index contributed by atoms with van der Waals surface area (Å²) in [5.74, 6) is -1.04. The van der Waals surface area contributed by atoms with Crippen LogP contribution < -0.4 is 10.9 Å². The van der Waals surface area contributed by atoms with Gasteiger partial charge in [0.2, 0.25) is 11.8 Å². The van der Waals surface area contributed by atoms with Crippen LogP contribution in [0.5, 0.6) is 0 Å². The highest BCUT2D eigenvalue weighted by Gasteiger charge is 2.14. The molecule has 0 saturated heterocycles. The summed E-state index contributed by atoms with van der Waals surface area (Å²) in [4.78, 5) is 20.2. The van der Waals surface area contributed by atoms with Gasteiger partial charge in [0.1, 0.15) is 5.82 Å². The monoisotopic (exact) mass is 450 g/mol. The van der Waals surface area contributed by atoms with Crippen molar-refractivity contribution in [2.75, 3.05) is 5.32 Å². The van der Waals surface area contributed by atoms with E-state index in [2.05, 4.69) is 15.3 Å². The van der Waals surface area contributed by atoms with Crippen molar-refractivity contribution < 1.29 is 8.78 Å². The maximum absolute atomic E-state index is 14.1. The van der Waals surface area contributed by atoms with Gasteiger partial charge in [0.25, 0.3) is 0 Å². The van der Waals surface area contributed by atoms with E-state index in [1.807, 2.05) is 45.0 Å². The van der Waals surface area contributed by atoms with Crippen molar-refractivity contribution in [2.24, 2.45) is 4.99 Å². The van der Waals surface area contributed by atoms with Gasteiger partial charge in [0.15, 0.2) is 0 Å². The van der Waals surface area contributed by atoms with Gasteiger partial charge in [-0.1, -0.05) is 51.1 Å². The third-order valence-corrected chi connectivity index (χ3v) is 5.25. The molecule has 0 unspecified atom stereocenters. The smallest absolute Gasteiger partial charge is 0.310 e. The second kappa shape index (κ2) is 10.8. The minimum absolute atomic E-state index is 0.215. The van der Waals surface area contributed by atoms with Gasteiger partial charge in [-0.3, -0.25) is 9.79 Å². The largest absolute Gasteiger partial charge is 0.325 e. The predicted octanol–water partition coefficient (Wildman–Crippen LogP) is 5.92. The summed E-state index contributed by atoms with van der Waals surface area (Å²) in [7, 11) is 0. The number of aliphatic imine (C=N–C) groups is 1. The fourth-order valence-corrected chi connectivity index (χ4v) is 3.54. The fraction of sp³-hybridized carbons (Fsp3) is 0.269. The predicted molar refractivity (Wildman–Crippen MR) is 129 cm³/mol. The average Bonchev–Trinajstić information content (AvgIpc) is 3.36. The third-order valence-electron chi connectivity index (χ3n) is 5.25. The Morgan fingerprint density at radius 1 is 1.09 bits per heavy atom. The van der Waals surface area contributed by atoms with Gasteiger partial charge in [-0.05, 0) is 47.7 Å². The molecule has 1 N–H and O–H groups in total. The maximum atomic E-state index is 14.1. The molecule has 0 radical (unpaired) electrons. The van der Waals surface area contributed by atoms with E-state index in [1.54, 1.807) is 25.3 Å². The molecule has 5 nitrogen and oxygen atoms in total. The summed E-state index contributed by atoms with van der Waals surface area (Å²) in [6, 6.07) is 10.7. The molecule has 172 valence electrons. The minimum Gasteiger partial charge on any atom is -0.325 e. The quantitative estimate of drug-likeness (QED) is 0.507. The van der Waals surface area contributed by atoms with Gasteiger partial charge in [-0.15, -0.1) is 0 Å². The summed E-state index contributed by atoms with van der Waals surface area (Å²) in [6.07, 6.45) is 6.40. The average molecular weight is 451 g/mol. The Balaban J connectivity index is 0.00000149. The zero-order valence-electron chi connectivity index (χ0n) is 19.3. The summed E-state index contributed by atoms with van der Waals surface area (Å²) in [6.45, 7) is 7.93. The molecule has 0 aliphatic carbocycles. The van der Waals surface area contributed by atoms with E-state index in [0.717, 1.165) is 47.1 Å². The molecular formula is C26H28F2N4O. The Morgan fingerprint density at radius 3 is 2.55 bits per heavy atom. The van der Waals surface area contributed by atoms with Gasteiger partial charge in [0, 0.05) is 24.5 Å². The normalized spacial score (nSPS) is 12.2. The standard InChI is InChI=1S/C24H22F2N4O.C2H6/c1-3-17-7-8-18(21-5-4-10-27-21)12-22(17)28-24-29-23(31)20(26)14-30(24)13-16-6-9-19(25)15(2)11-16;1-2/h4,6-12,14H,3,5,13H2,1-2H3,(H,28,29,31);1-2H3. The number of hydrogen-bond donors (Lipinski definition) is 1. The number of allylic oxidation sites excluding steroid dienone is 1. The van der Waals surface area contributed by atoms with E-state index in [4.69, 9.17) is 0 Å². The molecular weight excluding hydrogens is 422 g/mol. The van der Waals surface area contributed by atoms with Crippen LogP contribution in [0, 0.1) is 18.6 Å². The molecule has 4 rings (SSSR count). The molecule has 2 aromatic carbocycles. The summed E-state index contributed by atoms with van der Waals surface area (Å²) in [5.41, 5.74) is 4.05. The van der Waals surface area contributed by atoms with Gasteiger partial charge >= 0.3 is 5.56 Å². The second-order valence-corrected chi connectivity index (χ2v) is 7.44. The molecule has 33 heavy (non-hydrogen) atoms. The van der Waals surface area contributed by atoms with Crippen LogP contribution in [0.4, 0.5) is 20.4 Å². The lowest BCUT2D eigenvalue weighted by Gasteiger charge is -2.17. The van der Waals surface area contributed by atoms with Crippen LogP contribution in [0.2, 0.25) is 0 Å². The Hall–Kier alpha value is -3.61. The minimum atomic E-state index is -0.944. The number of aromatic nitrogens is 2. The Kier molecular flexibility index (Phi) is 7.87. The second-order valence-electron chi connectivity index (χ2n) is 7.44. The molecule has 7 heteroatoms. The first-order valence-corrected chi connectivity index (χ1v) is 11.1. The van der Waals surface area contributed by atoms with Crippen LogP contribution in [-0.2, 0) is 13.0 Å². The molecule has 1 aliphatic heterocycles. The number of anilines is 2. The van der Waals surface area contributed by atoms with Gasteiger partial charge in [-0.25, -0.2) is 4.39 Å². The van der Waals surface area contributed by atoms with Crippen LogP contribution in [0.1, 0.15) is 49.4 Å². The highest BCUT2D eigenvalue weighted by molar-refractivity contribution is 6.03. The highest BCUT2D eigenvalue weighted by Crippen LogP contribution is 2.24. The lowest BCUT2D eigenvalue weighted by molar-refractivity contribution is 0.578. The van der Waals surface area contributed by atoms with Crippen LogP contribution in [-0.4, -0.2) is 15.3 Å². The number of nitrogens with zero attached hydrogens (tertiary/aromatic N) is 3. The first-order chi connectivity index (χ1) is 15.9. The topological polar surface area (TPSA) is 59.3 Å². The van der Waals surface area contributed by atoms with Crippen LogP contribution in [0.3, 0.4) is 0 Å². The Labute approximate surface area is 192 Å². The summed E-state index contributed by atoms with van der Waals surface area (Å²) >= 11 is 0. The lowest BCUT2D eigenvalue weighted by atomic mass is 10.0. The molecule has 1 aromatic heterocycles. The Bertz CT molecular complexity index is 1260. The van der Waals surface area contributed by atoms with E-state index in [0.29, 0.717) is 5.56 Å². The highest BCUT2D eigenvalue weighted by atomic mass is 19.1. The van der Waals surface area contributed by atoms with Crippen molar-refractivity contribution >= 4 is 17.3 Å². The lowest BCUT2D eigenvalue weighted by Crippen LogP contribution is -2.20. The maximum Gasteiger partial charge on any atom is 0.310 e. The van der Waals surface area contributed by atoms with E-state index >= 15 is 0 Å². The van der Waals surface area contributed by atoms with E-state index < -0.39 is 11.4 Å². The summed E-state index contributed by atoms with van der Waals surface area (Å²) in [5, 5.41) is 3.21. The molecule has 0 fully saturated rings. The van der Waals surface area contributed by atoms with Crippen LogP contribution >= 0.6 is 0 Å². The van der Waals surface area contributed by atoms with Crippen molar-refractivity contribution in [1.82, 2.24) is 9.55 Å². The molecule has 0 amide bonds. The van der Waals surface area contributed by atoms with Gasteiger partial charge in [-0.2, -0.15) is 9.37 Å². The molecule has 0 spiro atoms. The number of halogens is 2. The number of rotatable bonds is 6. The molecule has 1 aliphatic rings. The molecule has 0 bridgehead atoms. The summed E-state index contributed by atoms with van der Waals surface area (Å²) < 4.78 is 29.2. The SMILES string of the molecule is CC.CCc1ccc(C2=NC=CC2)cc1Nc1nc(=O)c(F)cn1Cc1ccc(F)c(C)c1. The zero-order chi connectivity index (χ0) is 24.0. The fourth-order valence-electron chi connectivity index (χ4n) is 3.54. The number of aryl methyl sites for hydroxylation is 2. The first-order valence-electron chi connectivity index (χ1n) is 11.1. The van der Waals surface area contributed by atoms with Gasteiger partial charge in [0.05, 0.1) is 12.3 Å². The molecule has 0 saturated carbocycles. The van der Waals surface area contributed by atoms with Crippen molar-refractivity contribution in [2.45, 2.75) is 47.1 Å². The molecule has 0 atom stereocenters. The van der Waals surface area contributed by atoms with E-state index in [1.165, 1.54) is 10.6 Å². The number of nitrogens with one attached hydrogen (secondary N) is 1. The van der Waals surface area contributed by atoms with Crippen molar-refractivity contribution in [3.8, 4) is 0 Å². The number of benzene rings is 2. The van der Waals surface area contributed by atoms with E-state index in [9.17, 15) is 13.6 Å².